The predicted octanol–water partition coefficient (Wildman–Crippen LogP) is 3.97. The molecule has 1 N–H and O–H groups in total. The molecule has 0 saturated heterocycles. The third-order valence-corrected chi connectivity index (χ3v) is 3.33. The molecule has 0 heterocycles. The average molecular weight is 338 g/mol. The van der Waals surface area contributed by atoms with Crippen LogP contribution in [0.4, 0.5) is 5.69 Å². The largest absolute Gasteiger partial charge is 0.471 e. The molecule has 22 heavy (non-hydrogen) atoms. The van der Waals surface area contributed by atoms with E-state index in [-0.39, 0.29) is 10.8 Å². The van der Waals surface area contributed by atoms with Crippen molar-refractivity contribution >= 4 is 40.6 Å². The second-order valence-electron chi connectivity index (χ2n) is 4.54. The molecule has 2 aromatic carbocycles. The van der Waals surface area contributed by atoms with E-state index in [1.54, 1.807) is 30.3 Å². The zero-order valence-corrected chi connectivity index (χ0v) is 13.2. The van der Waals surface area contributed by atoms with Crippen LogP contribution in [0.3, 0.4) is 0 Å². The molecule has 6 heteroatoms. The van der Waals surface area contributed by atoms with Gasteiger partial charge in [-0.15, -0.1) is 0 Å². The first-order valence-electron chi connectivity index (χ1n) is 6.45. The number of carbonyl (C=O) groups is 2. The summed E-state index contributed by atoms with van der Waals surface area (Å²) in [6.07, 6.45) is -1.31. The van der Waals surface area contributed by atoms with Gasteiger partial charge in [0.15, 0.2) is 5.78 Å². The molecule has 0 aliphatic carbocycles. The van der Waals surface area contributed by atoms with Crippen molar-refractivity contribution in [2.45, 2.75) is 13.0 Å². The molecule has 2 rings (SSSR count). The molecule has 1 unspecified atom stereocenters. The van der Waals surface area contributed by atoms with Gasteiger partial charge in [0.1, 0.15) is 5.75 Å². The van der Waals surface area contributed by atoms with E-state index < -0.39 is 17.8 Å². The molecule has 0 radical (unpaired) electrons. The maximum Gasteiger partial charge on any atom is 0.273 e. The molecule has 2 aromatic rings. The first kappa shape index (κ1) is 16.3. The fourth-order valence-electron chi connectivity index (χ4n) is 1.74. The number of ether oxygens (including phenoxy) is 1. The van der Waals surface area contributed by atoms with Crippen molar-refractivity contribution in [1.82, 2.24) is 0 Å². The summed E-state index contributed by atoms with van der Waals surface area (Å²) >= 11 is 11.8. The number of hydrogen-bond acceptors (Lipinski definition) is 3. The highest BCUT2D eigenvalue weighted by Gasteiger charge is 2.26. The number of nitrogens with one attached hydrogen (secondary N) is 1. The lowest BCUT2D eigenvalue weighted by atomic mass is 10.2. The van der Waals surface area contributed by atoms with E-state index in [0.717, 1.165) is 0 Å². The minimum atomic E-state index is -1.31. The van der Waals surface area contributed by atoms with Crippen LogP contribution in [0, 0.1) is 0 Å². The van der Waals surface area contributed by atoms with Gasteiger partial charge >= 0.3 is 0 Å². The quantitative estimate of drug-likeness (QED) is 0.840. The molecule has 1 atom stereocenters. The number of ketones is 1. The Morgan fingerprint density at radius 2 is 1.77 bits per heavy atom. The van der Waals surface area contributed by atoms with Gasteiger partial charge in [-0.05, 0) is 31.2 Å². The summed E-state index contributed by atoms with van der Waals surface area (Å²) < 4.78 is 5.44. The van der Waals surface area contributed by atoms with Gasteiger partial charge in [0.2, 0.25) is 6.10 Å². The van der Waals surface area contributed by atoms with Crippen molar-refractivity contribution in [1.29, 1.82) is 0 Å². The van der Waals surface area contributed by atoms with E-state index in [1.807, 2.05) is 6.07 Å². The van der Waals surface area contributed by atoms with Crippen LogP contribution < -0.4 is 10.1 Å². The number of para-hydroxylation sites is 1. The number of anilines is 1. The molecule has 114 valence electrons. The highest BCUT2D eigenvalue weighted by atomic mass is 35.5. The van der Waals surface area contributed by atoms with Gasteiger partial charge in [0.25, 0.3) is 5.91 Å². The molecule has 0 aliphatic heterocycles. The number of carbonyl (C=O) groups excluding carboxylic acids is 2. The van der Waals surface area contributed by atoms with Gasteiger partial charge in [0.05, 0.1) is 5.02 Å². The van der Waals surface area contributed by atoms with Crippen molar-refractivity contribution in [2.24, 2.45) is 0 Å². The van der Waals surface area contributed by atoms with Crippen LogP contribution in [-0.2, 0) is 9.59 Å². The smallest absolute Gasteiger partial charge is 0.273 e. The topological polar surface area (TPSA) is 55.4 Å². The van der Waals surface area contributed by atoms with Gasteiger partial charge in [-0.25, -0.2) is 0 Å². The lowest BCUT2D eigenvalue weighted by molar-refractivity contribution is -0.133. The second-order valence-corrected chi connectivity index (χ2v) is 5.38. The molecule has 0 aromatic heterocycles. The van der Waals surface area contributed by atoms with Gasteiger partial charge in [-0.1, -0.05) is 41.4 Å². The van der Waals surface area contributed by atoms with E-state index in [9.17, 15) is 9.59 Å². The van der Waals surface area contributed by atoms with Crippen LogP contribution >= 0.6 is 23.2 Å². The molecule has 0 saturated carbocycles. The summed E-state index contributed by atoms with van der Waals surface area (Å²) in [5.74, 6) is -0.836. The Balaban J connectivity index is 2.18. The highest BCUT2D eigenvalue weighted by Crippen LogP contribution is 2.28. The third-order valence-electron chi connectivity index (χ3n) is 2.79. The van der Waals surface area contributed by atoms with Gasteiger partial charge in [-0.2, -0.15) is 0 Å². The van der Waals surface area contributed by atoms with E-state index in [1.165, 1.54) is 19.1 Å². The van der Waals surface area contributed by atoms with Gasteiger partial charge in [0, 0.05) is 16.8 Å². The number of benzene rings is 2. The van der Waals surface area contributed by atoms with Crippen molar-refractivity contribution in [3.05, 3.63) is 58.6 Å². The number of halogens is 2. The SMILES string of the molecule is CC(=O)C(Oc1cc(Cl)ccc1Cl)C(=O)Nc1ccccc1. The van der Waals surface area contributed by atoms with Crippen LogP contribution in [0.25, 0.3) is 0 Å². The number of rotatable bonds is 5. The van der Waals surface area contributed by atoms with E-state index >= 15 is 0 Å². The number of Topliss-reactive ketones (excluding diaryl/α,β-unsaturated/α-hetero) is 1. The lowest BCUT2D eigenvalue weighted by Gasteiger charge is -2.17. The van der Waals surface area contributed by atoms with E-state index in [0.29, 0.717) is 10.7 Å². The Morgan fingerprint density at radius 1 is 1.09 bits per heavy atom. The summed E-state index contributed by atoms with van der Waals surface area (Å²) in [4.78, 5) is 23.9. The van der Waals surface area contributed by atoms with Gasteiger partial charge < -0.3 is 10.1 Å². The normalized spacial score (nSPS) is 11.6. The van der Waals surface area contributed by atoms with Crippen molar-refractivity contribution in [3.8, 4) is 5.75 Å². The van der Waals surface area contributed by atoms with Crippen LogP contribution in [0.15, 0.2) is 48.5 Å². The van der Waals surface area contributed by atoms with Gasteiger partial charge in [-0.3, -0.25) is 9.59 Å². The Bertz CT molecular complexity index is 689. The molecule has 0 aliphatic rings. The molecule has 0 spiro atoms. The molecule has 0 bridgehead atoms. The summed E-state index contributed by atoms with van der Waals surface area (Å²) in [5.41, 5.74) is 0.569. The minimum Gasteiger partial charge on any atom is -0.471 e. The fraction of sp³-hybridized carbons (Fsp3) is 0.125. The lowest BCUT2D eigenvalue weighted by Crippen LogP contribution is -2.38. The van der Waals surface area contributed by atoms with E-state index in [4.69, 9.17) is 27.9 Å². The summed E-state index contributed by atoms with van der Waals surface area (Å²) in [5, 5.41) is 3.28. The number of amides is 1. The molecule has 4 nitrogen and oxygen atoms in total. The molecular formula is C16H13Cl2NO3. The zero-order chi connectivity index (χ0) is 16.1. The molecular weight excluding hydrogens is 325 g/mol. The molecule has 1 amide bonds. The second kappa shape index (κ2) is 7.29. The fourth-order valence-corrected chi connectivity index (χ4v) is 2.07. The summed E-state index contributed by atoms with van der Waals surface area (Å²) in [6.45, 7) is 1.27. The summed E-state index contributed by atoms with van der Waals surface area (Å²) in [6, 6.07) is 13.4. The third kappa shape index (κ3) is 4.23. The standard InChI is InChI=1S/C16H13Cl2NO3/c1-10(20)15(16(21)19-12-5-3-2-4-6-12)22-14-9-11(17)7-8-13(14)18/h2-9,15H,1H3,(H,19,21). The minimum absolute atomic E-state index is 0.178. The first-order valence-corrected chi connectivity index (χ1v) is 7.21. The van der Waals surface area contributed by atoms with Crippen LogP contribution in [-0.4, -0.2) is 17.8 Å². The maximum absolute atomic E-state index is 12.2. The van der Waals surface area contributed by atoms with Crippen molar-refractivity contribution in [2.75, 3.05) is 5.32 Å². The monoisotopic (exact) mass is 337 g/mol. The predicted molar refractivity (Wildman–Crippen MR) is 86.6 cm³/mol. The average Bonchev–Trinajstić information content (AvgIpc) is 2.48. The summed E-state index contributed by atoms with van der Waals surface area (Å²) in [7, 11) is 0. The van der Waals surface area contributed by atoms with E-state index in [2.05, 4.69) is 5.32 Å². The van der Waals surface area contributed by atoms with Crippen LogP contribution in [0.5, 0.6) is 5.75 Å². The maximum atomic E-state index is 12.2. The van der Waals surface area contributed by atoms with Crippen molar-refractivity contribution in [3.63, 3.8) is 0 Å². The zero-order valence-electron chi connectivity index (χ0n) is 11.7. The first-order chi connectivity index (χ1) is 10.5. The Hall–Kier alpha value is -2.04. The Morgan fingerprint density at radius 3 is 2.41 bits per heavy atom. The van der Waals surface area contributed by atoms with Crippen LogP contribution in [0.2, 0.25) is 10.0 Å². The van der Waals surface area contributed by atoms with Crippen molar-refractivity contribution < 1.29 is 14.3 Å². The number of hydrogen-bond donors (Lipinski definition) is 1. The van der Waals surface area contributed by atoms with Crippen LogP contribution in [0.1, 0.15) is 6.92 Å². The molecule has 0 fully saturated rings. The Labute approximate surface area is 138 Å². The Kier molecular flexibility index (Phi) is 5.41. The highest BCUT2D eigenvalue weighted by molar-refractivity contribution is 6.34.